The first kappa shape index (κ1) is 13.2. The van der Waals surface area contributed by atoms with Crippen molar-refractivity contribution in [2.75, 3.05) is 12.4 Å². The van der Waals surface area contributed by atoms with Crippen LogP contribution in [0.15, 0.2) is 24.4 Å². The SMILES string of the molecule is COC(=O)c1cn2c(n1)COc1ccc(NC(C)=O)cc1-2. The largest absolute Gasteiger partial charge is 0.483 e. The van der Waals surface area contributed by atoms with Gasteiger partial charge in [-0.1, -0.05) is 0 Å². The van der Waals surface area contributed by atoms with Crippen molar-refractivity contribution in [3.8, 4) is 11.4 Å². The number of anilines is 1. The third-order valence-corrected chi connectivity index (χ3v) is 3.07. The summed E-state index contributed by atoms with van der Waals surface area (Å²) in [4.78, 5) is 26.9. The van der Waals surface area contributed by atoms with Crippen molar-refractivity contribution in [1.82, 2.24) is 9.55 Å². The Labute approximate surface area is 120 Å². The monoisotopic (exact) mass is 287 g/mol. The Morgan fingerprint density at radius 1 is 1.43 bits per heavy atom. The molecule has 0 saturated carbocycles. The van der Waals surface area contributed by atoms with E-state index in [9.17, 15) is 9.59 Å². The number of nitrogens with zero attached hydrogens (tertiary/aromatic N) is 2. The van der Waals surface area contributed by atoms with Crippen molar-refractivity contribution in [1.29, 1.82) is 0 Å². The molecule has 1 aromatic heterocycles. The van der Waals surface area contributed by atoms with E-state index in [1.165, 1.54) is 14.0 Å². The predicted octanol–water partition coefficient (Wildman–Crippen LogP) is 1.51. The third kappa shape index (κ3) is 2.33. The van der Waals surface area contributed by atoms with E-state index in [0.29, 0.717) is 22.9 Å². The van der Waals surface area contributed by atoms with Crippen LogP contribution in [0.25, 0.3) is 5.69 Å². The molecule has 0 aliphatic carbocycles. The fourth-order valence-electron chi connectivity index (χ4n) is 2.18. The molecule has 0 atom stereocenters. The van der Waals surface area contributed by atoms with Crippen LogP contribution in [0, 0.1) is 0 Å². The highest BCUT2D eigenvalue weighted by molar-refractivity contribution is 5.89. The van der Waals surface area contributed by atoms with Crippen LogP contribution >= 0.6 is 0 Å². The Morgan fingerprint density at radius 3 is 2.95 bits per heavy atom. The van der Waals surface area contributed by atoms with Gasteiger partial charge < -0.3 is 14.8 Å². The van der Waals surface area contributed by atoms with Gasteiger partial charge in [0.15, 0.2) is 11.5 Å². The van der Waals surface area contributed by atoms with Crippen molar-refractivity contribution < 1.29 is 19.1 Å². The average molecular weight is 287 g/mol. The lowest BCUT2D eigenvalue weighted by Gasteiger charge is -2.20. The Hall–Kier alpha value is -2.83. The number of nitrogens with one attached hydrogen (secondary N) is 1. The molecule has 0 saturated heterocycles. The van der Waals surface area contributed by atoms with E-state index in [1.807, 2.05) is 0 Å². The molecule has 0 spiro atoms. The summed E-state index contributed by atoms with van der Waals surface area (Å²) in [6.45, 7) is 1.71. The number of esters is 1. The molecule has 0 unspecified atom stereocenters. The highest BCUT2D eigenvalue weighted by Gasteiger charge is 2.22. The number of carbonyl (C=O) groups excluding carboxylic acids is 2. The lowest BCUT2D eigenvalue weighted by atomic mass is 10.2. The summed E-state index contributed by atoms with van der Waals surface area (Å²) in [5.74, 6) is 0.595. The molecule has 108 valence electrons. The number of imidazole rings is 1. The minimum absolute atomic E-state index is 0.159. The topological polar surface area (TPSA) is 82.5 Å². The summed E-state index contributed by atoms with van der Waals surface area (Å²) in [5, 5.41) is 2.71. The van der Waals surface area contributed by atoms with Gasteiger partial charge in [0.1, 0.15) is 12.4 Å². The first-order valence-electron chi connectivity index (χ1n) is 6.30. The number of aromatic nitrogens is 2. The van der Waals surface area contributed by atoms with Crippen LogP contribution in [0.4, 0.5) is 5.69 Å². The number of carbonyl (C=O) groups is 2. The number of hydrogen-bond donors (Lipinski definition) is 1. The zero-order chi connectivity index (χ0) is 15.0. The molecule has 0 bridgehead atoms. The molecule has 1 aliphatic heterocycles. The van der Waals surface area contributed by atoms with Crippen molar-refractivity contribution in [2.45, 2.75) is 13.5 Å². The van der Waals surface area contributed by atoms with Gasteiger partial charge in [-0.15, -0.1) is 0 Å². The number of hydrogen-bond acceptors (Lipinski definition) is 5. The van der Waals surface area contributed by atoms with Gasteiger partial charge in [0.05, 0.1) is 12.8 Å². The van der Waals surface area contributed by atoms with E-state index in [1.54, 1.807) is 29.0 Å². The summed E-state index contributed by atoms with van der Waals surface area (Å²) in [6.07, 6.45) is 1.60. The number of benzene rings is 1. The summed E-state index contributed by atoms with van der Waals surface area (Å²) < 4.78 is 12.0. The van der Waals surface area contributed by atoms with Crippen molar-refractivity contribution >= 4 is 17.6 Å². The summed E-state index contributed by atoms with van der Waals surface area (Å²) in [7, 11) is 1.31. The number of fused-ring (bicyclic) bond motifs is 3. The van der Waals surface area contributed by atoms with Crippen LogP contribution in [0.1, 0.15) is 23.2 Å². The Kier molecular flexibility index (Phi) is 3.09. The lowest BCUT2D eigenvalue weighted by molar-refractivity contribution is -0.114. The van der Waals surface area contributed by atoms with Crippen LogP contribution in [0.3, 0.4) is 0 Å². The zero-order valence-electron chi connectivity index (χ0n) is 11.5. The van der Waals surface area contributed by atoms with Gasteiger partial charge in [0, 0.05) is 18.8 Å². The second-order valence-electron chi connectivity index (χ2n) is 4.56. The molecule has 1 aliphatic rings. The van der Waals surface area contributed by atoms with E-state index in [-0.39, 0.29) is 18.2 Å². The minimum Gasteiger partial charge on any atom is -0.483 e. The van der Waals surface area contributed by atoms with Crippen LogP contribution in [0.2, 0.25) is 0 Å². The fourth-order valence-corrected chi connectivity index (χ4v) is 2.18. The van der Waals surface area contributed by atoms with Crippen molar-refractivity contribution in [3.05, 3.63) is 35.9 Å². The third-order valence-electron chi connectivity index (χ3n) is 3.07. The predicted molar refractivity (Wildman–Crippen MR) is 73.5 cm³/mol. The molecular weight excluding hydrogens is 274 g/mol. The average Bonchev–Trinajstić information content (AvgIpc) is 2.90. The van der Waals surface area contributed by atoms with Crippen molar-refractivity contribution in [2.24, 2.45) is 0 Å². The van der Waals surface area contributed by atoms with E-state index >= 15 is 0 Å². The smallest absolute Gasteiger partial charge is 0.358 e. The van der Waals surface area contributed by atoms with Gasteiger partial charge in [0.25, 0.3) is 0 Å². The molecule has 1 aromatic carbocycles. The quantitative estimate of drug-likeness (QED) is 0.847. The van der Waals surface area contributed by atoms with Gasteiger partial charge in [-0.05, 0) is 18.2 Å². The fraction of sp³-hybridized carbons (Fsp3) is 0.214. The van der Waals surface area contributed by atoms with Crippen LogP contribution in [0.5, 0.6) is 5.75 Å². The molecule has 7 nitrogen and oxygen atoms in total. The van der Waals surface area contributed by atoms with Crippen LogP contribution < -0.4 is 10.1 Å². The maximum Gasteiger partial charge on any atom is 0.358 e. The number of amides is 1. The highest BCUT2D eigenvalue weighted by Crippen LogP contribution is 2.32. The maximum absolute atomic E-state index is 11.6. The zero-order valence-corrected chi connectivity index (χ0v) is 11.5. The number of ether oxygens (including phenoxy) is 2. The van der Waals surface area contributed by atoms with Crippen molar-refractivity contribution in [3.63, 3.8) is 0 Å². The first-order valence-corrected chi connectivity index (χ1v) is 6.30. The summed E-state index contributed by atoms with van der Waals surface area (Å²) in [6, 6.07) is 5.28. The second-order valence-corrected chi connectivity index (χ2v) is 4.56. The van der Waals surface area contributed by atoms with E-state index in [2.05, 4.69) is 15.0 Å². The maximum atomic E-state index is 11.6. The van der Waals surface area contributed by atoms with Gasteiger partial charge in [-0.2, -0.15) is 0 Å². The Morgan fingerprint density at radius 2 is 2.24 bits per heavy atom. The molecule has 7 heteroatoms. The molecular formula is C14H13N3O4. The molecule has 0 radical (unpaired) electrons. The van der Waals surface area contributed by atoms with Gasteiger partial charge in [-0.25, -0.2) is 9.78 Å². The molecule has 3 rings (SSSR count). The van der Waals surface area contributed by atoms with E-state index in [0.717, 1.165) is 0 Å². The second kappa shape index (κ2) is 4.93. The van der Waals surface area contributed by atoms with Gasteiger partial charge >= 0.3 is 5.97 Å². The van der Waals surface area contributed by atoms with Crippen LogP contribution in [-0.2, 0) is 16.1 Å². The standard InChI is InChI=1S/C14H13N3O4/c1-8(18)15-9-3-4-12-11(5-9)17-6-10(14(19)20-2)16-13(17)7-21-12/h3-6H,7H2,1-2H3,(H,15,18). The Bertz CT molecular complexity index is 736. The molecule has 1 amide bonds. The highest BCUT2D eigenvalue weighted by atomic mass is 16.5. The van der Waals surface area contributed by atoms with E-state index < -0.39 is 5.97 Å². The Balaban J connectivity index is 2.05. The molecule has 2 heterocycles. The molecule has 0 fully saturated rings. The summed E-state index contributed by atoms with van der Waals surface area (Å²) in [5.41, 5.74) is 1.57. The minimum atomic E-state index is -0.503. The van der Waals surface area contributed by atoms with Crippen LogP contribution in [-0.4, -0.2) is 28.5 Å². The normalized spacial score (nSPS) is 11.9. The van der Waals surface area contributed by atoms with E-state index in [4.69, 9.17) is 4.74 Å². The summed E-state index contributed by atoms with van der Waals surface area (Å²) >= 11 is 0. The van der Waals surface area contributed by atoms with Gasteiger partial charge in [0.2, 0.25) is 5.91 Å². The molecule has 21 heavy (non-hydrogen) atoms. The first-order chi connectivity index (χ1) is 10.1. The van der Waals surface area contributed by atoms with Gasteiger partial charge in [-0.3, -0.25) is 9.36 Å². The lowest BCUT2D eigenvalue weighted by Crippen LogP contribution is -2.13. The molecule has 1 N–H and O–H groups in total. The number of rotatable bonds is 2. The molecule has 2 aromatic rings. The number of methoxy groups -OCH3 is 1.